The van der Waals surface area contributed by atoms with Crippen LogP contribution in [0, 0.1) is 0 Å². The van der Waals surface area contributed by atoms with Gasteiger partial charge in [-0.1, -0.05) is 0 Å². The fourth-order valence-electron chi connectivity index (χ4n) is 2.58. The van der Waals surface area contributed by atoms with E-state index in [-0.39, 0.29) is 25.3 Å². The number of carboxylic acid groups (broad SMARTS) is 1. The number of sulfone groups is 1. The SMILES string of the molecule is CS(=O)(=O)C1CSCCN1C(=O)N1C[C@H](O)C[C@H]1C(=O)O. The number of carbonyl (C=O) groups is 2. The molecule has 10 heteroatoms. The van der Waals surface area contributed by atoms with Crippen LogP contribution >= 0.6 is 11.8 Å². The molecule has 0 bridgehead atoms. The summed E-state index contributed by atoms with van der Waals surface area (Å²) in [5, 5.41) is 17.8. The topological polar surface area (TPSA) is 115 Å². The highest BCUT2D eigenvalue weighted by Crippen LogP contribution is 2.25. The second kappa shape index (κ2) is 6.01. The highest BCUT2D eigenvalue weighted by Gasteiger charge is 2.44. The lowest BCUT2D eigenvalue weighted by atomic mass is 10.2. The number of carboxylic acids is 1. The van der Waals surface area contributed by atoms with E-state index in [1.54, 1.807) is 0 Å². The number of amides is 2. The molecule has 2 aliphatic heterocycles. The summed E-state index contributed by atoms with van der Waals surface area (Å²) >= 11 is 1.44. The van der Waals surface area contributed by atoms with Crippen LogP contribution in [-0.4, -0.2) is 88.8 Å². The van der Waals surface area contributed by atoms with Crippen molar-refractivity contribution in [3.63, 3.8) is 0 Å². The fourth-order valence-corrected chi connectivity index (χ4v) is 5.39. The third-order valence-electron chi connectivity index (χ3n) is 3.63. The first kappa shape index (κ1) is 16.4. The lowest BCUT2D eigenvalue weighted by Crippen LogP contribution is -2.56. The van der Waals surface area contributed by atoms with Crippen LogP contribution in [0.4, 0.5) is 4.79 Å². The molecule has 0 radical (unpaired) electrons. The van der Waals surface area contributed by atoms with Crippen molar-refractivity contribution in [3.8, 4) is 0 Å². The minimum atomic E-state index is -3.45. The van der Waals surface area contributed by atoms with E-state index in [1.165, 1.54) is 16.7 Å². The zero-order valence-corrected chi connectivity index (χ0v) is 13.1. The van der Waals surface area contributed by atoms with Gasteiger partial charge in [-0.25, -0.2) is 18.0 Å². The van der Waals surface area contributed by atoms with E-state index in [2.05, 4.69) is 0 Å². The molecule has 2 rings (SSSR count). The molecule has 8 nitrogen and oxygen atoms in total. The second-order valence-electron chi connectivity index (χ2n) is 5.23. The Kier molecular flexibility index (Phi) is 4.69. The first-order valence-corrected chi connectivity index (χ1v) is 9.57. The largest absolute Gasteiger partial charge is 0.480 e. The lowest BCUT2D eigenvalue weighted by Gasteiger charge is -2.37. The van der Waals surface area contributed by atoms with Crippen molar-refractivity contribution in [1.82, 2.24) is 9.80 Å². The number of hydrogen-bond acceptors (Lipinski definition) is 6. The molecular formula is C11H18N2O6S2. The van der Waals surface area contributed by atoms with Gasteiger partial charge in [0, 0.05) is 37.3 Å². The van der Waals surface area contributed by atoms with Crippen LogP contribution in [0.1, 0.15) is 6.42 Å². The van der Waals surface area contributed by atoms with Crippen molar-refractivity contribution in [1.29, 1.82) is 0 Å². The van der Waals surface area contributed by atoms with Gasteiger partial charge in [-0.3, -0.25) is 0 Å². The smallest absolute Gasteiger partial charge is 0.326 e. The van der Waals surface area contributed by atoms with Crippen LogP contribution in [0.15, 0.2) is 0 Å². The molecule has 3 atom stereocenters. The van der Waals surface area contributed by atoms with Crippen molar-refractivity contribution >= 4 is 33.6 Å². The van der Waals surface area contributed by atoms with Gasteiger partial charge in [0.2, 0.25) is 0 Å². The van der Waals surface area contributed by atoms with Crippen molar-refractivity contribution < 1.29 is 28.2 Å². The number of aliphatic hydroxyl groups is 1. The third-order valence-corrected chi connectivity index (χ3v) is 6.28. The third kappa shape index (κ3) is 3.43. The van der Waals surface area contributed by atoms with Gasteiger partial charge in [0.15, 0.2) is 9.84 Å². The Labute approximate surface area is 127 Å². The Morgan fingerprint density at radius 2 is 1.95 bits per heavy atom. The Hall–Kier alpha value is -1.00. The maximum atomic E-state index is 12.5. The number of hydrogen-bond donors (Lipinski definition) is 2. The minimum Gasteiger partial charge on any atom is -0.480 e. The summed E-state index contributed by atoms with van der Waals surface area (Å²) in [5.41, 5.74) is 0. The number of aliphatic hydroxyl groups excluding tert-OH is 1. The zero-order valence-electron chi connectivity index (χ0n) is 11.5. The van der Waals surface area contributed by atoms with Crippen LogP contribution < -0.4 is 0 Å². The predicted molar refractivity (Wildman–Crippen MR) is 76.8 cm³/mol. The van der Waals surface area contributed by atoms with E-state index >= 15 is 0 Å². The van der Waals surface area contributed by atoms with E-state index in [4.69, 9.17) is 5.11 Å². The lowest BCUT2D eigenvalue weighted by molar-refractivity contribution is -0.141. The van der Waals surface area contributed by atoms with E-state index in [0.717, 1.165) is 11.2 Å². The Balaban J connectivity index is 2.22. The summed E-state index contributed by atoms with van der Waals surface area (Å²) < 4.78 is 23.6. The molecule has 0 aromatic heterocycles. The van der Waals surface area contributed by atoms with Crippen LogP contribution in [0.25, 0.3) is 0 Å². The molecule has 2 N–H and O–H groups in total. The zero-order chi connectivity index (χ0) is 15.8. The van der Waals surface area contributed by atoms with Gasteiger partial charge in [-0.2, -0.15) is 11.8 Å². The van der Waals surface area contributed by atoms with Gasteiger partial charge in [0.1, 0.15) is 11.4 Å². The number of nitrogens with zero attached hydrogens (tertiary/aromatic N) is 2. The molecule has 2 aliphatic rings. The van der Waals surface area contributed by atoms with Gasteiger partial charge < -0.3 is 20.0 Å². The van der Waals surface area contributed by atoms with Crippen LogP contribution in [0.3, 0.4) is 0 Å². The molecule has 2 heterocycles. The van der Waals surface area contributed by atoms with Gasteiger partial charge in [-0.15, -0.1) is 0 Å². The average Bonchev–Trinajstić information content (AvgIpc) is 2.79. The average molecular weight is 338 g/mol. The second-order valence-corrected chi connectivity index (χ2v) is 8.58. The molecule has 2 saturated heterocycles. The fraction of sp³-hybridized carbons (Fsp3) is 0.818. The molecule has 0 aromatic carbocycles. The van der Waals surface area contributed by atoms with E-state index in [0.29, 0.717) is 5.75 Å². The Morgan fingerprint density at radius 3 is 2.52 bits per heavy atom. The molecule has 0 aromatic rings. The number of aliphatic carboxylic acids is 1. The summed E-state index contributed by atoms with van der Waals surface area (Å²) in [4.78, 5) is 26.0. The normalized spacial score (nSPS) is 30.5. The van der Waals surface area contributed by atoms with E-state index < -0.39 is 39.4 Å². The molecule has 2 amide bonds. The number of rotatable bonds is 2. The summed E-state index contributed by atoms with van der Waals surface area (Å²) in [6, 6.07) is -1.74. The summed E-state index contributed by atoms with van der Waals surface area (Å²) in [6.45, 7) is 0.163. The maximum absolute atomic E-state index is 12.5. The molecule has 21 heavy (non-hydrogen) atoms. The maximum Gasteiger partial charge on any atom is 0.326 e. The standard InChI is InChI=1S/C11H18N2O6S2/c1-21(18,19)9-6-20-3-2-12(9)11(17)13-5-7(14)4-8(13)10(15)16/h7-9,14H,2-6H2,1H3,(H,15,16)/t7-,8+,9?/m1/s1. The molecule has 1 unspecified atom stereocenters. The van der Waals surface area contributed by atoms with Crippen molar-refractivity contribution in [3.05, 3.63) is 0 Å². The summed E-state index contributed by atoms with van der Waals surface area (Å²) in [5.74, 6) is -0.313. The first-order chi connectivity index (χ1) is 9.71. The number of carbonyl (C=O) groups excluding carboxylic acids is 1. The Bertz CT molecular complexity index is 537. The quantitative estimate of drug-likeness (QED) is 0.666. The van der Waals surface area contributed by atoms with Gasteiger partial charge in [-0.05, 0) is 0 Å². The number of thioether (sulfide) groups is 1. The Morgan fingerprint density at radius 1 is 1.29 bits per heavy atom. The van der Waals surface area contributed by atoms with E-state index in [9.17, 15) is 23.1 Å². The van der Waals surface area contributed by atoms with Gasteiger partial charge in [0.25, 0.3) is 0 Å². The molecule has 0 aliphatic carbocycles. The monoisotopic (exact) mass is 338 g/mol. The minimum absolute atomic E-state index is 0.0345. The van der Waals surface area contributed by atoms with Crippen LogP contribution in [0.5, 0.6) is 0 Å². The molecule has 0 saturated carbocycles. The highest BCUT2D eigenvalue weighted by atomic mass is 32.2. The van der Waals surface area contributed by atoms with Crippen molar-refractivity contribution in [2.24, 2.45) is 0 Å². The van der Waals surface area contributed by atoms with Crippen LogP contribution in [-0.2, 0) is 14.6 Å². The summed E-state index contributed by atoms with van der Waals surface area (Å²) in [7, 11) is -3.45. The highest BCUT2D eigenvalue weighted by molar-refractivity contribution is 8.00. The molecule has 2 fully saturated rings. The van der Waals surface area contributed by atoms with Crippen molar-refractivity contribution in [2.75, 3.05) is 30.9 Å². The predicted octanol–water partition coefficient (Wildman–Crippen LogP) is -0.954. The molecule has 0 spiro atoms. The molecule has 120 valence electrons. The van der Waals surface area contributed by atoms with Gasteiger partial charge in [0.05, 0.1) is 6.10 Å². The van der Waals surface area contributed by atoms with Gasteiger partial charge >= 0.3 is 12.0 Å². The van der Waals surface area contributed by atoms with E-state index in [1.807, 2.05) is 0 Å². The van der Waals surface area contributed by atoms with Crippen molar-refractivity contribution in [2.45, 2.75) is 23.9 Å². The summed E-state index contributed by atoms with van der Waals surface area (Å²) in [6.07, 6.45) is 0.135. The number of urea groups is 1. The van der Waals surface area contributed by atoms with Crippen LogP contribution in [0.2, 0.25) is 0 Å². The first-order valence-electron chi connectivity index (χ1n) is 6.46. The molecular weight excluding hydrogens is 320 g/mol. The number of likely N-dealkylation sites (tertiary alicyclic amines) is 1. The number of β-amino-alcohol motifs (C(OH)–C–C–N with tert-alkyl or cyclic N) is 1.